The number of thiophene rings is 1. The van der Waals surface area contributed by atoms with E-state index in [-0.39, 0.29) is 0 Å². The molecule has 0 radical (unpaired) electrons. The maximum absolute atomic E-state index is 12.8. The molecule has 30 heavy (non-hydrogen) atoms. The van der Waals surface area contributed by atoms with E-state index in [0.717, 1.165) is 38.5 Å². The number of hydrogen-bond donors (Lipinski definition) is 0. The van der Waals surface area contributed by atoms with Crippen LogP contribution in [0.2, 0.25) is 0 Å². The van der Waals surface area contributed by atoms with Crippen molar-refractivity contribution in [3.8, 4) is 10.4 Å². The zero-order valence-corrected chi connectivity index (χ0v) is 16.5. The maximum Gasteiger partial charge on any atom is 0.416 e. The largest absolute Gasteiger partial charge is 0.416 e. The van der Waals surface area contributed by atoms with Crippen molar-refractivity contribution in [2.75, 3.05) is 0 Å². The van der Waals surface area contributed by atoms with Gasteiger partial charge in [0.25, 0.3) is 0 Å². The maximum atomic E-state index is 12.8. The lowest BCUT2D eigenvalue weighted by molar-refractivity contribution is -0.137. The molecule has 148 valence electrons. The molecule has 0 amide bonds. The number of hydrogen-bond acceptors (Lipinski definition) is 1. The average molecular weight is 419 g/mol. The molecule has 0 saturated carbocycles. The number of nitrogens with zero attached hydrogens (tertiary/aromatic N) is 1. The van der Waals surface area contributed by atoms with Gasteiger partial charge in [0, 0.05) is 26.7 Å². The second-order valence-electron chi connectivity index (χ2n) is 7.00. The van der Waals surface area contributed by atoms with Crippen molar-refractivity contribution in [2.24, 2.45) is 0 Å². The van der Waals surface area contributed by atoms with Gasteiger partial charge in [0.2, 0.25) is 0 Å². The number of halogens is 3. The summed E-state index contributed by atoms with van der Waals surface area (Å²) in [5, 5.41) is 2.41. The van der Waals surface area contributed by atoms with E-state index in [2.05, 4.69) is 28.8 Å². The summed E-state index contributed by atoms with van der Waals surface area (Å²) in [7, 11) is 0. The standard InChI is InChI=1S/C25H16F3NS/c26-25(27,28)18-11-9-17(10-12-18)24-14-13-19(30-24)15-16-29-22-7-3-1-5-20(22)21-6-2-4-8-23(21)29/h1-16H/b16-15+. The molecule has 0 aliphatic heterocycles. The Morgan fingerprint density at radius 2 is 1.30 bits per heavy atom. The predicted octanol–water partition coefficient (Wildman–Crippen LogP) is 8.17. The second kappa shape index (κ2) is 7.18. The number of rotatable bonds is 3. The minimum absolute atomic E-state index is 0.630. The summed E-state index contributed by atoms with van der Waals surface area (Å²) in [5.74, 6) is 0. The highest BCUT2D eigenvalue weighted by molar-refractivity contribution is 7.16. The average Bonchev–Trinajstić information content (AvgIpc) is 3.35. The van der Waals surface area contributed by atoms with Crippen LogP contribution in [0.4, 0.5) is 13.2 Å². The first-order valence-corrected chi connectivity index (χ1v) is 10.3. The van der Waals surface area contributed by atoms with Crippen molar-refractivity contribution in [3.05, 3.63) is 95.4 Å². The number of aromatic nitrogens is 1. The molecule has 0 aliphatic carbocycles. The lowest BCUT2D eigenvalue weighted by Gasteiger charge is -2.06. The van der Waals surface area contributed by atoms with Crippen LogP contribution in [-0.2, 0) is 6.18 Å². The molecule has 5 aromatic rings. The van der Waals surface area contributed by atoms with Crippen molar-refractivity contribution in [1.29, 1.82) is 0 Å². The van der Waals surface area contributed by atoms with E-state index in [1.165, 1.54) is 22.9 Å². The van der Waals surface area contributed by atoms with E-state index >= 15 is 0 Å². The summed E-state index contributed by atoms with van der Waals surface area (Å²) < 4.78 is 40.5. The molecule has 5 heteroatoms. The van der Waals surface area contributed by atoms with Crippen molar-refractivity contribution < 1.29 is 13.2 Å². The third-order valence-corrected chi connectivity index (χ3v) is 6.23. The minimum Gasteiger partial charge on any atom is -0.316 e. The summed E-state index contributed by atoms with van der Waals surface area (Å²) in [5.41, 5.74) is 2.42. The normalized spacial score (nSPS) is 12.4. The summed E-state index contributed by atoms with van der Waals surface area (Å²) in [6.07, 6.45) is -0.228. The van der Waals surface area contributed by atoms with E-state index in [0.29, 0.717) is 0 Å². The van der Waals surface area contributed by atoms with Gasteiger partial charge in [-0.3, -0.25) is 0 Å². The molecule has 0 bridgehead atoms. The van der Waals surface area contributed by atoms with Crippen molar-refractivity contribution in [3.63, 3.8) is 0 Å². The molecule has 0 aliphatic rings. The minimum atomic E-state index is -4.32. The fourth-order valence-electron chi connectivity index (χ4n) is 3.68. The highest BCUT2D eigenvalue weighted by atomic mass is 32.1. The van der Waals surface area contributed by atoms with Gasteiger partial charge in [-0.2, -0.15) is 13.2 Å². The summed E-state index contributed by atoms with van der Waals surface area (Å²) >= 11 is 1.55. The van der Waals surface area contributed by atoms with E-state index in [1.54, 1.807) is 11.3 Å². The smallest absolute Gasteiger partial charge is 0.316 e. The molecular formula is C25H16F3NS. The Hall–Kier alpha value is -3.31. The van der Waals surface area contributed by atoms with Crippen LogP contribution in [0, 0.1) is 0 Å². The lowest BCUT2D eigenvalue weighted by Crippen LogP contribution is -2.03. The molecule has 0 saturated heterocycles. The molecule has 1 nitrogen and oxygen atoms in total. The summed E-state index contributed by atoms with van der Waals surface area (Å²) in [6.45, 7) is 0. The molecule has 2 heterocycles. The van der Waals surface area contributed by atoms with Gasteiger partial charge < -0.3 is 4.57 Å². The SMILES string of the molecule is FC(F)(F)c1ccc(-c2ccc(/C=C/n3c4ccccc4c4ccccc43)s2)cc1. The van der Waals surface area contributed by atoms with Gasteiger partial charge in [0.05, 0.1) is 16.6 Å². The molecular weight excluding hydrogens is 403 g/mol. The molecule has 0 unspecified atom stereocenters. The van der Waals surface area contributed by atoms with Crippen LogP contribution in [0.25, 0.3) is 44.5 Å². The number of fused-ring (bicyclic) bond motifs is 3. The van der Waals surface area contributed by atoms with Gasteiger partial charge in [-0.25, -0.2) is 0 Å². The monoisotopic (exact) mass is 419 g/mol. The van der Waals surface area contributed by atoms with Gasteiger partial charge in [0.15, 0.2) is 0 Å². The van der Waals surface area contributed by atoms with Crippen LogP contribution in [-0.4, -0.2) is 4.57 Å². The van der Waals surface area contributed by atoms with Crippen molar-refractivity contribution in [1.82, 2.24) is 4.57 Å². The van der Waals surface area contributed by atoms with Crippen LogP contribution in [0.1, 0.15) is 10.4 Å². The Morgan fingerprint density at radius 3 is 1.90 bits per heavy atom. The third kappa shape index (κ3) is 3.31. The van der Waals surface area contributed by atoms with Gasteiger partial charge in [-0.15, -0.1) is 11.3 Å². The first-order chi connectivity index (χ1) is 14.5. The van der Waals surface area contributed by atoms with Crippen molar-refractivity contribution in [2.45, 2.75) is 6.18 Å². The van der Waals surface area contributed by atoms with Crippen LogP contribution < -0.4 is 0 Å². The zero-order chi connectivity index (χ0) is 20.7. The predicted molar refractivity (Wildman–Crippen MR) is 119 cm³/mol. The summed E-state index contributed by atoms with van der Waals surface area (Å²) in [4.78, 5) is 1.97. The number of para-hydroxylation sites is 2. The fourth-order valence-corrected chi connectivity index (χ4v) is 4.59. The molecule has 0 atom stereocenters. The van der Waals surface area contributed by atoms with E-state index in [4.69, 9.17) is 0 Å². The molecule has 0 fully saturated rings. The van der Waals surface area contributed by atoms with Crippen LogP contribution in [0.15, 0.2) is 84.9 Å². The Kier molecular flexibility index (Phi) is 4.48. The zero-order valence-electron chi connectivity index (χ0n) is 15.7. The van der Waals surface area contributed by atoms with Crippen LogP contribution in [0.3, 0.4) is 0 Å². The van der Waals surface area contributed by atoms with Gasteiger partial charge in [-0.1, -0.05) is 48.5 Å². The van der Waals surface area contributed by atoms with E-state index < -0.39 is 11.7 Å². The number of alkyl halides is 3. The molecule has 5 rings (SSSR count). The molecule has 0 N–H and O–H groups in total. The van der Waals surface area contributed by atoms with E-state index in [9.17, 15) is 13.2 Å². The Balaban J connectivity index is 1.48. The Morgan fingerprint density at radius 1 is 0.700 bits per heavy atom. The molecule has 2 aromatic heterocycles. The lowest BCUT2D eigenvalue weighted by atomic mass is 10.1. The first-order valence-electron chi connectivity index (χ1n) is 9.44. The summed E-state index contributed by atoms with van der Waals surface area (Å²) in [6, 6.07) is 25.8. The van der Waals surface area contributed by atoms with Crippen LogP contribution in [0.5, 0.6) is 0 Å². The van der Waals surface area contributed by atoms with Crippen molar-refractivity contribution >= 4 is 45.4 Å². The number of benzene rings is 3. The van der Waals surface area contributed by atoms with Gasteiger partial charge >= 0.3 is 6.18 Å². The molecule has 3 aromatic carbocycles. The van der Waals surface area contributed by atoms with E-state index in [1.807, 2.05) is 48.7 Å². The second-order valence-corrected chi connectivity index (χ2v) is 8.11. The quantitative estimate of drug-likeness (QED) is 0.278. The highest BCUT2D eigenvalue weighted by Crippen LogP contribution is 2.34. The Bertz CT molecular complexity index is 1320. The molecule has 0 spiro atoms. The van der Waals surface area contributed by atoms with Gasteiger partial charge in [-0.05, 0) is 48.0 Å². The Labute approximate surface area is 175 Å². The topological polar surface area (TPSA) is 4.93 Å². The first kappa shape index (κ1) is 18.7. The van der Waals surface area contributed by atoms with Crippen LogP contribution >= 0.6 is 11.3 Å². The fraction of sp³-hybridized carbons (Fsp3) is 0.0400. The highest BCUT2D eigenvalue weighted by Gasteiger charge is 2.30. The van der Waals surface area contributed by atoms with Gasteiger partial charge in [0.1, 0.15) is 0 Å². The third-order valence-electron chi connectivity index (χ3n) is 5.13.